The largest absolute Gasteiger partial charge is 0.387 e. The Morgan fingerprint density at radius 3 is 2.25 bits per heavy atom. The van der Waals surface area contributed by atoms with Crippen LogP contribution in [0.4, 0.5) is 0 Å². The van der Waals surface area contributed by atoms with Gasteiger partial charge in [0.2, 0.25) is 0 Å². The van der Waals surface area contributed by atoms with Gasteiger partial charge in [-0.3, -0.25) is 0 Å². The van der Waals surface area contributed by atoms with Crippen LogP contribution < -0.4 is 0 Å². The lowest BCUT2D eigenvalue weighted by Crippen LogP contribution is -2.58. The van der Waals surface area contributed by atoms with Crippen molar-refractivity contribution in [3.8, 4) is 0 Å². The standard InChI is InChI=1S/C10H20O6/c1-5(2)3-15-4-6-7(11)8(12)9(13)10(14)16-6/h5-14H,3-4H2,1-2H3/t6?,7-,8?,9?,10+/m0/s1. The smallest absolute Gasteiger partial charge is 0.184 e. The molecule has 16 heavy (non-hydrogen) atoms. The van der Waals surface area contributed by atoms with E-state index in [1.165, 1.54) is 0 Å². The van der Waals surface area contributed by atoms with Crippen molar-refractivity contribution in [3.63, 3.8) is 0 Å². The Kier molecular flexibility index (Phi) is 5.10. The van der Waals surface area contributed by atoms with Crippen LogP contribution in [0.3, 0.4) is 0 Å². The molecule has 0 amide bonds. The Balaban J connectivity index is 2.41. The van der Waals surface area contributed by atoms with Crippen LogP contribution in [-0.4, -0.2) is 64.3 Å². The highest BCUT2D eigenvalue weighted by Crippen LogP contribution is 2.20. The molecule has 3 unspecified atom stereocenters. The van der Waals surface area contributed by atoms with Crippen molar-refractivity contribution >= 4 is 0 Å². The van der Waals surface area contributed by atoms with Crippen LogP contribution in [0.2, 0.25) is 0 Å². The van der Waals surface area contributed by atoms with Crippen molar-refractivity contribution < 1.29 is 29.9 Å². The normalized spacial score (nSPS) is 40.3. The highest BCUT2D eigenvalue weighted by atomic mass is 16.6. The number of aliphatic hydroxyl groups excluding tert-OH is 4. The molecule has 4 N–H and O–H groups in total. The molecule has 1 aliphatic heterocycles. The zero-order chi connectivity index (χ0) is 12.3. The van der Waals surface area contributed by atoms with Gasteiger partial charge >= 0.3 is 0 Å². The summed E-state index contributed by atoms with van der Waals surface area (Å²) in [5, 5.41) is 37.4. The predicted octanol–water partition coefficient (Wildman–Crippen LogP) is -1.54. The molecular formula is C10H20O6. The number of ether oxygens (including phenoxy) is 2. The molecule has 0 aromatic rings. The Labute approximate surface area is 94.4 Å². The van der Waals surface area contributed by atoms with E-state index >= 15 is 0 Å². The lowest BCUT2D eigenvalue weighted by molar-refractivity contribution is -0.288. The second-order valence-electron chi connectivity index (χ2n) is 4.47. The van der Waals surface area contributed by atoms with Crippen molar-refractivity contribution in [3.05, 3.63) is 0 Å². The van der Waals surface area contributed by atoms with Crippen LogP contribution in [0, 0.1) is 5.92 Å². The van der Waals surface area contributed by atoms with E-state index in [4.69, 9.17) is 9.47 Å². The first-order valence-corrected chi connectivity index (χ1v) is 5.39. The second-order valence-corrected chi connectivity index (χ2v) is 4.47. The van der Waals surface area contributed by atoms with Crippen LogP contribution in [0.15, 0.2) is 0 Å². The Bertz CT molecular complexity index is 209. The lowest BCUT2D eigenvalue weighted by Gasteiger charge is -2.38. The maximum atomic E-state index is 9.56. The highest BCUT2D eigenvalue weighted by molar-refractivity contribution is 4.88. The van der Waals surface area contributed by atoms with Gasteiger partial charge in [-0.25, -0.2) is 0 Å². The van der Waals surface area contributed by atoms with Crippen LogP contribution in [0.5, 0.6) is 0 Å². The van der Waals surface area contributed by atoms with E-state index in [0.29, 0.717) is 12.5 Å². The van der Waals surface area contributed by atoms with Gasteiger partial charge in [0.1, 0.15) is 24.4 Å². The minimum atomic E-state index is -1.49. The molecule has 0 aromatic carbocycles. The summed E-state index contributed by atoms with van der Waals surface area (Å²) in [7, 11) is 0. The maximum Gasteiger partial charge on any atom is 0.184 e. The number of rotatable bonds is 4. The van der Waals surface area contributed by atoms with Gasteiger partial charge in [0, 0.05) is 6.61 Å². The van der Waals surface area contributed by atoms with Crippen LogP contribution in [-0.2, 0) is 9.47 Å². The third-order valence-electron chi connectivity index (χ3n) is 2.42. The first kappa shape index (κ1) is 13.8. The summed E-state index contributed by atoms with van der Waals surface area (Å²) < 4.78 is 10.2. The van der Waals surface area contributed by atoms with E-state index in [1.807, 2.05) is 13.8 Å². The summed E-state index contributed by atoms with van der Waals surface area (Å²) >= 11 is 0. The number of aliphatic hydroxyl groups is 4. The molecule has 0 spiro atoms. The minimum Gasteiger partial charge on any atom is -0.387 e. The molecule has 0 aliphatic carbocycles. The average molecular weight is 236 g/mol. The molecule has 0 saturated carbocycles. The van der Waals surface area contributed by atoms with Gasteiger partial charge in [-0.15, -0.1) is 0 Å². The fourth-order valence-corrected chi connectivity index (χ4v) is 1.49. The summed E-state index contributed by atoms with van der Waals surface area (Å²) in [6.07, 6.45) is -6.49. The minimum absolute atomic E-state index is 0.0696. The molecule has 5 atom stereocenters. The topological polar surface area (TPSA) is 99.4 Å². The zero-order valence-electron chi connectivity index (χ0n) is 9.48. The zero-order valence-corrected chi connectivity index (χ0v) is 9.48. The Morgan fingerprint density at radius 1 is 1.06 bits per heavy atom. The molecule has 1 fully saturated rings. The van der Waals surface area contributed by atoms with Gasteiger partial charge in [0.05, 0.1) is 6.61 Å². The van der Waals surface area contributed by atoms with E-state index < -0.39 is 30.7 Å². The first-order valence-electron chi connectivity index (χ1n) is 5.39. The van der Waals surface area contributed by atoms with Crippen LogP contribution in [0.25, 0.3) is 0 Å². The highest BCUT2D eigenvalue weighted by Gasteiger charge is 2.42. The summed E-state index contributed by atoms with van der Waals surface area (Å²) in [5.41, 5.74) is 0. The van der Waals surface area contributed by atoms with Gasteiger partial charge in [-0.05, 0) is 5.92 Å². The maximum absolute atomic E-state index is 9.56. The SMILES string of the molecule is CC(C)COCC1O[C@@H](O)C(O)C(O)[C@H]1O. The molecule has 0 bridgehead atoms. The summed E-state index contributed by atoms with van der Waals surface area (Å²) in [5.74, 6) is 0.348. The third kappa shape index (κ3) is 3.38. The predicted molar refractivity (Wildman–Crippen MR) is 54.6 cm³/mol. The molecule has 0 aromatic heterocycles. The lowest BCUT2D eigenvalue weighted by atomic mass is 9.99. The summed E-state index contributed by atoms with van der Waals surface area (Å²) in [4.78, 5) is 0. The summed E-state index contributed by atoms with van der Waals surface area (Å²) in [6.45, 7) is 4.53. The molecule has 96 valence electrons. The van der Waals surface area contributed by atoms with E-state index in [9.17, 15) is 20.4 Å². The van der Waals surface area contributed by atoms with Gasteiger partial charge in [0.25, 0.3) is 0 Å². The number of hydrogen-bond donors (Lipinski definition) is 4. The van der Waals surface area contributed by atoms with Crippen molar-refractivity contribution in [1.82, 2.24) is 0 Å². The fourth-order valence-electron chi connectivity index (χ4n) is 1.49. The molecule has 6 nitrogen and oxygen atoms in total. The van der Waals surface area contributed by atoms with Crippen LogP contribution in [0.1, 0.15) is 13.8 Å². The second kappa shape index (κ2) is 5.90. The average Bonchev–Trinajstić information content (AvgIpc) is 2.22. The molecule has 1 aliphatic rings. The third-order valence-corrected chi connectivity index (χ3v) is 2.42. The molecule has 1 rings (SSSR count). The monoisotopic (exact) mass is 236 g/mol. The van der Waals surface area contributed by atoms with Gasteiger partial charge < -0.3 is 29.9 Å². The molecular weight excluding hydrogens is 216 g/mol. The van der Waals surface area contributed by atoms with Gasteiger partial charge in [-0.1, -0.05) is 13.8 Å². The quantitative estimate of drug-likeness (QED) is 0.472. The van der Waals surface area contributed by atoms with Gasteiger partial charge in [0.15, 0.2) is 6.29 Å². The molecule has 0 radical (unpaired) electrons. The first-order chi connectivity index (χ1) is 7.43. The van der Waals surface area contributed by atoms with E-state index in [1.54, 1.807) is 0 Å². The van der Waals surface area contributed by atoms with Gasteiger partial charge in [-0.2, -0.15) is 0 Å². The molecule has 1 heterocycles. The van der Waals surface area contributed by atoms with Crippen LogP contribution >= 0.6 is 0 Å². The fraction of sp³-hybridized carbons (Fsp3) is 1.00. The van der Waals surface area contributed by atoms with Crippen molar-refractivity contribution in [2.75, 3.05) is 13.2 Å². The molecule has 6 heteroatoms. The van der Waals surface area contributed by atoms with Crippen molar-refractivity contribution in [2.24, 2.45) is 5.92 Å². The molecule has 1 saturated heterocycles. The van der Waals surface area contributed by atoms with E-state index in [0.717, 1.165) is 0 Å². The van der Waals surface area contributed by atoms with Crippen molar-refractivity contribution in [1.29, 1.82) is 0 Å². The van der Waals surface area contributed by atoms with E-state index in [-0.39, 0.29) is 6.61 Å². The van der Waals surface area contributed by atoms with Crippen molar-refractivity contribution in [2.45, 2.75) is 44.6 Å². The number of hydrogen-bond acceptors (Lipinski definition) is 6. The Morgan fingerprint density at radius 2 is 1.69 bits per heavy atom. The Hall–Kier alpha value is -0.240. The summed E-state index contributed by atoms with van der Waals surface area (Å²) in [6, 6.07) is 0. The van der Waals surface area contributed by atoms with E-state index in [2.05, 4.69) is 0 Å².